The molecule has 0 spiro atoms. The highest BCUT2D eigenvalue weighted by molar-refractivity contribution is 7.89. The third-order valence-electron chi connectivity index (χ3n) is 4.27. The van der Waals surface area contributed by atoms with Gasteiger partial charge in [-0.3, -0.25) is 4.79 Å². The van der Waals surface area contributed by atoms with Crippen molar-refractivity contribution < 1.29 is 23.1 Å². The summed E-state index contributed by atoms with van der Waals surface area (Å²) in [6.45, 7) is 5.55. The van der Waals surface area contributed by atoms with E-state index in [-0.39, 0.29) is 27.8 Å². The minimum atomic E-state index is -4.09. The SMILES string of the molecule is CCC(C)NS(=O)(=O)c1cc(C(=O)O)c(N)cc1C(=O)N1CCNCC1. The molecule has 1 saturated heterocycles. The fraction of sp³-hybridized carbons (Fsp3) is 0.500. The molecule has 144 valence electrons. The third-order valence-corrected chi connectivity index (χ3v) is 5.90. The van der Waals surface area contributed by atoms with E-state index >= 15 is 0 Å². The van der Waals surface area contributed by atoms with Gasteiger partial charge in [0.05, 0.1) is 16.0 Å². The first-order valence-corrected chi connectivity index (χ1v) is 9.84. The minimum Gasteiger partial charge on any atom is -0.478 e. The summed E-state index contributed by atoms with van der Waals surface area (Å²) in [6.07, 6.45) is 0.543. The van der Waals surface area contributed by atoms with E-state index in [9.17, 15) is 23.1 Å². The van der Waals surface area contributed by atoms with Crippen LogP contribution in [0.5, 0.6) is 0 Å². The molecular weight excluding hydrogens is 360 g/mol. The highest BCUT2D eigenvalue weighted by Crippen LogP contribution is 2.25. The van der Waals surface area contributed by atoms with Gasteiger partial charge in [-0.05, 0) is 25.5 Å². The Bertz CT molecular complexity index is 803. The normalized spacial score (nSPS) is 16.3. The van der Waals surface area contributed by atoms with Crippen molar-refractivity contribution in [3.8, 4) is 0 Å². The molecule has 9 nitrogen and oxygen atoms in total. The van der Waals surface area contributed by atoms with Crippen LogP contribution in [-0.4, -0.2) is 62.5 Å². The number of nitrogens with zero attached hydrogens (tertiary/aromatic N) is 1. The number of nitrogens with two attached hydrogens (primary N) is 1. The molecule has 1 amide bonds. The van der Waals surface area contributed by atoms with E-state index in [1.807, 2.05) is 6.92 Å². The maximum absolute atomic E-state index is 12.9. The zero-order valence-electron chi connectivity index (χ0n) is 14.8. The maximum Gasteiger partial charge on any atom is 0.337 e. The van der Waals surface area contributed by atoms with Gasteiger partial charge < -0.3 is 21.1 Å². The lowest BCUT2D eigenvalue weighted by atomic mass is 10.1. The lowest BCUT2D eigenvalue weighted by molar-refractivity contribution is 0.0692. The number of carbonyl (C=O) groups excluding carboxylic acids is 1. The molecule has 1 aromatic carbocycles. The molecule has 1 aliphatic rings. The Kier molecular flexibility index (Phi) is 6.21. The summed E-state index contributed by atoms with van der Waals surface area (Å²) in [5.74, 6) is -1.84. The number of hydrogen-bond acceptors (Lipinski definition) is 6. The first kappa shape index (κ1) is 20.1. The Labute approximate surface area is 152 Å². The average Bonchev–Trinajstić information content (AvgIpc) is 2.60. The molecule has 0 aromatic heterocycles. The van der Waals surface area contributed by atoms with E-state index < -0.39 is 21.9 Å². The summed E-state index contributed by atoms with van der Waals surface area (Å²) >= 11 is 0. The second-order valence-electron chi connectivity index (χ2n) is 6.21. The Morgan fingerprint density at radius 1 is 1.31 bits per heavy atom. The molecular formula is C16H24N4O5S. The lowest BCUT2D eigenvalue weighted by Crippen LogP contribution is -2.47. The van der Waals surface area contributed by atoms with Gasteiger partial charge in [-0.25, -0.2) is 17.9 Å². The van der Waals surface area contributed by atoms with Crippen LogP contribution in [0, 0.1) is 0 Å². The molecule has 26 heavy (non-hydrogen) atoms. The Morgan fingerprint density at radius 3 is 2.46 bits per heavy atom. The number of sulfonamides is 1. The first-order chi connectivity index (χ1) is 12.2. The molecule has 1 fully saturated rings. The first-order valence-electron chi connectivity index (χ1n) is 8.36. The van der Waals surface area contributed by atoms with Gasteiger partial charge in [0.25, 0.3) is 5.91 Å². The molecule has 0 radical (unpaired) electrons. The number of carboxylic acid groups (broad SMARTS) is 1. The number of amides is 1. The van der Waals surface area contributed by atoms with Crippen LogP contribution in [0.25, 0.3) is 0 Å². The van der Waals surface area contributed by atoms with Gasteiger partial charge in [-0.1, -0.05) is 6.92 Å². The minimum absolute atomic E-state index is 0.120. The van der Waals surface area contributed by atoms with Crippen LogP contribution in [0.2, 0.25) is 0 Å². The summed E-state index contributed by atoms with van der Waals surface area (Å²) in [6, 6.07) is 1.73. The smallest absolute Gasteiger partial charge is 0.337 e. The predicted molar refractivity (Wildman–Crippen MR) is 96.7 cm³/mol. The lowest BCUT2D eigenvalue weighted by Gasteiger charge is -2.28. The third kappa shape index (κ3) is 4.32. The quantitative estimate of drug-likeness (QED) is 0.509. The van der Waals surface area contributed by atoms with Crippen molar-refractivity contribution in [2.24, 2.45) is 0 Å². The van der Waals surface area contributed by atoms with Crippen LogP contribution >= 0.6 is 0 Å². The van der Waals surface area contributed by atoms with E-state index in [0.29, 0.717) is 32.6 Å². The highest BCUT2D eigenvalue weighted by atomic mass is 32.2. The Morgan fingerprint density at radius 2 is 1.92 bits per heavy atom. The van der Waals surface area contributed by atoms with Gasteiger partial charge in [-0.15, -0.1) is 0 Å². The number of anilines is 1. The molecule has 0 aliphatic carbocycles. The van der Waals surface area contributed by atoms with E-state index in [1.54, 1.807) is 6.92 Å². The molecule has 1 aliphatic heterocycles. The standard InChI is InChI=1S/C16H24N4O5S/c1-3-10(2)19-26(24,25)14-9-11(16(22)23)13(17)8-12(14)15(21)20-6-4-18-5-7-20/h8-10,18-19H,3-7,17H2,1-2H3,(H,22,23). The zero-order valence-corrected chi connectivity index (χ0v) is 15.6. The van der Waals surface area contributed by atoms with Crippen molar-refractivity contribution in [2.75, 3.05) is 31.9 Å². The summed E-state index contributed by atoms with van der Waals surface area (Å²) < 4.78 is 28.0. The number of rotatable bonds is 6. The highest BCUT2D eigenvalue weighted by Gasteiger charge is 2.29. The number of nitrogens with one attached hydrogen (secondary N) is 2. The predicted octanol–water partition coefficient (Wildman–Crippen LogP) is 0.0892. The number of nitrogen functional groups attached to an aromatic ring is 1. The second kappa shape index (κ2) is 8.02. The molecule has 0 saturated carbocycles. The summed E-state index contributed by atoms with van der Waals surface area (Å²) in [5, 5.41) is 12.4. The number of piperazine rings is 1. The van der Waals surface area contributed by atoms with Crippen LogP contribution in [0.4, 0.5) is 5.69 Å². The van der Waals surface area contributed by atoms with Gasteiger partial charge in [-0.2, -0.15) is 0 Å². The van der Waals surface area contributed by atoms with Gasteiger partial charge in [0.1, 0.15) is 0 Å². The number of aromatic carboxylic acids is 1. The van der Waals surface area contributed by atoms with Crippen molar-refractivity contribution >= 4 is 27.6 Å². The molecule has 2 rings (SSSR count). The molecule has 0 bridgehead atoms. The van der Waals surface area contributed by atoms with Gasteiger partial charge in [0.15, 0.2) is 0 Å². The van der Waals surface area contributed by atoms with Crippen molar-refractivity contribution in [1.82, 2.24) is 14.9 Å². The molecule has 1 atom stereocenters. The second-order valence-corrected chi connectivity index (χ2v) is 7.90. The van der Waals surface area contributed by atoms with Gasteiger partial charge >= 0.3 is 5.97 Å². The van der Waals surface area contributed by atoms with Crippen LogP contribution < -0.4 is 15.8 Å². The molecule has 5 N–H and O–H groups in total. The monoisotopic (exact) mass is 384 g/mol. The Balaban J connectivity index is 2.57. The van der Waals surface area contributed by atoms with E-state index in [4.69, 9.17) is 5.73 Å². The fourth-order valence-electron chi connectivity index (χ4n) is 2.62. The largest absolute Gasteiger partial charge is 0.478 e. The van der Waals surface area contributed by atoms with Crippen LogP contribution in [0.3, 0.4) is 0 Å². The van der Waals surface area contributed by atoms with Crippen molar-refractivity contribution in [3.05, 3.63) is 23.3 Å². The molecule has 1 heterocycles. The number of carboxylic acids is 1. The van der Waals surface area contributed by atoms with Gasteiger partial charge in [0.2, 0.25) is 10.0 Å². The van der Waals surface area contributed by atoms with Crippen molar-refractivity contribution in [3.63, 3.8) is 0 Å². The summed E-state index contributed by atoms with van der Waals surface area (Å²) in [4.78, 5) is 25.4. The van der Waals surface area contributed by atoms with E-state index in [1.165, 1.54) is 4.90 Å². The van der Waals surface area contributed by atoms with Crippen LogP contribution in [0.1, 0.15) is 41.0 Å². The summed E-state index contributed by atoms with van der Waals surface area (Å²) in [5.41, 5.74) is 5.12. The topological polar surface area (TPSA) is 142 Å². The van der Waals surface area contributed by atoms with Crippen LogP contribution in [0.15, 0.2) is 17.0 Å². The Hall–Kier alpha value is -2.17. The average molecular weight is 384 g/mol. The number of benzene rings is 1. The van der Waals surface area contributed by atoms with Crippen LogP contribution in [-0.2, 0) is 10.0 Å². The van der Waals surface area contributed by atoms with Crippen molar-refractivity contribution in [2.45, 2.75) is 31.2 Å². The fourth-order valence-corrected chi connectivity index (χ4v) is 4.15. The molecule has 1 aromatic rings. The molecule has 10 heteroatoms. The number of carbonyl (C=O) groups is 2. The number of hydrogen-bond donors (Lipinski definition) is 4. The van der Waals surface area contributed by atoms with Crippen molar-refractivity contribution in [1.29, 1.82) is 0 Å². The maximum atomic E-state index is 12.9. The molecule has 1 unspecified atom stereocenters. The summed E-state index contributed by atoms with van der Waals surface area (Å²) in [7, 11) is -4.09. The van der Waals surface area contributed by atoms with Gasteiger partial charge in [0, 0.05) is 37.9 Å². The van der Waals surface area contributed by atoms with E-state index in [2.05, 4.69) is 10.0 Å². The van der Waals surface area contributed by atoms with E-state index in [0.717, 1.165) is 12.1 Å². The zero-order chi connectivity index (χ0) is 19.5.